The summed E-state index contributed by atoms with van der Waals surface area (Å²) in [5.74, 6) is -2.63. The Bertz CT molecular complexity index is 1180. The van der Waals surface area contributed by atoms with Crippen molar-refractivity contribution in [2.45, 2.75) is 29.9 Å². The molecule has 0 fully saturated rings. The minimum Gasteiger partial charge on any atom is -0.352 e. The molecule has 0 bridgehead atoms. The maximum Gasteiger partial charge on any atom is 0.251 e. The summed E-state index contributed by atoms with van der Waals surface area (Å²) in [5, 5.41) is 5.28. The van der Waals surface area contributed by atoms with Crippen LogP contribution in [0, 0.1) is 17.6 Å². The Kier molecular flexibility index (Phi) is 6.32. The summed E-state index contributed by atoms with van der Waals surface area (Å²) >= 11 is 0. The highest BCUT2D eigenvalue weighted by Crippen LogP contribution is 2.35. The van der Waals surface area contributed by atoms with Crippen molar-refractivity contribution in [2.75, 3.05) is 11.9 Å². The van der Waals surface area contributed by atoms with Gasteiger partial charge in [0.2, 0.25) is 0 Å². The first-order chi connectivity index (χ1) is 15.3. The van der Waals surface area contributed by atoms with E-state index in [0.717, 1.165) is 12.1 Å². The minimum absolute atomic E-state index is 0.131. The first-order valence-corrected chi connectivity index (χ1v) is 11.5. The summed E-state index contributed by atoms with van der Waals surface area (Å²) in [6.07, 6.45) is 6.51. The number of amides is 2. The zero-order valence-electron chi connectivity index (χ0n) is 17.4. The van der Waals surface area contributed by atoms with Crippen LogP contribution in [0.3, 0.4) is 0 Å². The molecule has 4 rings (SSSR count). The highest BCUT2D eigenvalue weighted by atomic mass is 32.2. The maximum atomic E-state index is 13.3. The summed E-state index contributed by atoms with van der Waals surface area (Å²) in [6.45, 7) is 2.09. The van der Waals surface area contributed by atoms with Crippen molar-refractivity contribution in [1.82, 2.24) is 5.32 Å². The van der Waals surface area contributed by atoms with E-state index in [9.17, 15) is 22.6 Å². The van der Waals surface area contributed by atoms with Crippen LogP contribution in [0.2, 0.25) is 0 Å². The highest BCUT2D eigenvalue weighted by molar-refractivity contribution is 7.85. The number of rotatable bonds is 4. The number of nitrogens with one attached hydrogen (secondary N) is 2. The van der Waals surface area contributed by atoms with Crippen molar-refractivity contribution in [2.24, 2.45) is 5.92 Å². The Balaban J connectivity index is 1.50. The smallest absolute Gasteiger partial charge is 0.251 e. The van der Waals surface area contributed by atoms with Gasteiger partial charge >= 0.3 is 0 Å². The molecule has 1 heterocycles. The topological polar surface area (TPSA) is 75.3 Å². The molecule has 166 valence electrons. The standard InChI is InChI=1S/C24H22F2N2O3S/c1-14-17-4-2-3-5-18(17)24(30)28-21-13-16(7-9-22(21)32(14)31)23(29)27-11-10-15-6-8-19(25)20(26)12-15/h2-3,5-9,12-14,17H,4,10-11H2,1H3,(H,27,29)(H,28,30). The van der Waals surface area contributed by atoms with Gasteiger partial charge in [-0.15, -0.1) is 0 Å². The first-order valence-electron chi connectivity index (χ1n) is 10.3. The lowest BCUT2D eigenvalue weighted by molar-refractivity contribution is -0.113. The lowest BCUT2D eigenvalue weighted by Gasteiger charge is -2.30. The Morgan fingerprint density at radius 1 is 1.19 bits per heavy atom. The Morgan fingerprint density at radius 2 is 2.00 bits per heavy atom. The van der Waals surface area contributed by atoms with E-state index in [2.05, 4.69) is 10.6 Å². The zero-order valence-corrected chi connectivity index (χ0v) is 18.2. The predicted molar refractivity (Wildman–Crippen MR) is 119 cm³/mol. The van der Waals surface area contributed by atoms with Crippen LogP contribution in [0.25, 0.3) is 0 Å². The fraction of sp³-hybridized carbons (Fsp3) is 0.250. The van der Waals surface area contributed by atoms with Gasteiger partial charge in [0.1, 0.15) is 0 Å². The number of hydrogen-bond donors (Lipinski definition) is 2. The van der Waals surface area contributed by atoms with Crippen LogP contribution < -0.4 is 10.6 Å². The predicted octanol–water partition coefficient (Wildman–Crippen LogP) is 3.89. The van der Waals surface area contributed by atoms with E-state index < -0.39 is 22.4 Å². The fourth-order valence-corrected chi connectivity index (χ4v) is 5.43. The van der Waals surface area contributed by atoms with Crippen LogP contribution in [0.4, 0.5) is 14.5 Å². The van der Waals surface area contributed by atoms with E-state index >= 15 is 0 Å². The van der Waals surface area contributed by atoms with Crippen LogP contribution in [0.15, 0.2) is 65.1 Å². The van der Waals surface area contributed by atoms with Crippen LogP contribution in [-0.2, 0) is 22.0 Å². The summed E-state index contributed by atoms with van der Waals surface area (Å²) in [5.41, 5.74) is 1.79. The Hall–Kier alpha value is -3.13. The van der Waals surface area contributed by atoms with Crippen molar-refractivity contribution in [3.8, 4) is 0 Å². The molecular weight excluding hydrogens is 434 g/mol. The molecule has 0 spiro atoms. The molecule has 32 heavy (non-hydrogen) atoms. The average Bonchev–Trinajstić information content (AvgIpc) is 2.79. The van der Waals surface area contributed by atoms with Gasteiger partial charge in [0, 0.05) is 28.8 Å². The molecule has 3 atom stereocenters. The molecule has 5 nitrogen and oxygen atoms in total. The second-order valence-corrected chi connectivity index (χ2v) is 9.59. The molecule has 0 radical (unpaired) electrons. The number of halogens is 2. The van der Waals surface area contributed by atoms with E-state index in [4.69, 9.17) is 0 Å². The second-order valence-electron chi connectivity index (χ2n) is 7.81. The number of carbonyl (C=O) groups excluding carboxylic acids is 2. The number of allylic oxidation sites excluding steroid dienone is 3. The summed E-state index contributed by atoms with van der Waals surface area (Å²) in [4.78, 5) is 25.9. The van der Waals surface area contributed by atoms with Gasteiger partial charge in [0.15, 0.2) is 11.6 Å². The third kappa shape index (κ3) is 4.41. The van der Waals surface area contributed by atoms with E-state index in [1.165, 1.54) is 12.1 Å². The molecule has 2 aromatic carbocycles. The molecule has 0 saturated carbocycles. The van der Waals surface area contributed by atoms with Gasteiger partial charge in [-0.3, -0.25) is 13.8 Å². The van der Waals surface area contributed by atoms with Gasteiger partial charge in [-0.05, 0) is 55.7 Å². The summed E-state index contributed by atoms with van der Waals surface area (Å²) < 4.78 is 39.5. The molecule has 3 unspecified atom stereocenters. The number of hydrogen-bond acceptors (Lipinski definition) is 3. The number of fused-ring (bicyclic) bond motifs is 2. The molecular formula is C24H22F2N2O3S. The van der Waals surface area contributed by atoms with Crippen molar-refractivity contribution in [3.63, 3.8) is 0 Å². The molecule has 2 amide bonds. The lowest BCUT2D eigenvalue weighted by atomic mass is 9.88. The van der Waals surface area contributed by atoms with Crippen LogP contribution in [0.1, 0.15) is 29.3 Å². The monoisotopic (exact) mass is 456 g/mol. The van der Waals surface area contributed by atoms with Gasteiger partial charge in [0.05, 0.1) is 21.4 Å². The normalized spacial score (nSPS) is 22.0. The van der Waals surface area contributed by atoms with Crippen LogP contribution in [0.5, 0.6) is 0 Å². The first kappa shape index (κ1) is 22.1. The lowest BCUT2D eigenvalue weighted by Crippen LogP contribution is -2.34. The molecule has 8 heteroatoms. The van der Waals surface area contributed by atoms with Gasteiger partial charge in [0.25, 0.3) is 11.8 Å². The van der Waals surface area contributed by atoms with Crippen molar-refractivity contribution >= 4 is 28.3 Å². The molecule has 2 aromatic rings. The molecule has 0 saturated heterocycles. The van der Waals surface area contributed by atoms with Crippen LogP contribution >= 0.6 is 0 Å². The van der Waals surface area contributed by atoms with Gasteiger partial charge in [-0.1, -0.05) is 24.3 Å². The molecule has 2 N–H and O–H groups in total. The van der Waals surface area contributed by atoms with Gasteiger partial charge in [-0.2, -0.15) is 0 Å². The SMILES string of the molecule is CC1C2CC=CC=C2C(=O)Nc2cc(C(=O)NCCc3ccc(F)c(F)c3)ccc2S1=O. The number of anilines is 1. The van der Waals surface area contributed by atoms with Gasteiger partial charge in [-0.25, -0.2) is 8.78 Å². The van der Waals surface area contributed by atoms with Crippen molar-refractivity contribution in [1.29, 1.82) is 0 Å². The summed E-state index contributed by atoms with van der Waals surface area (Å²) in [7, 11) is -1.36. The van der Waals surface area contributed by atoms with Crippen LogP contribution in [-0.4, -0.2) is 27.8 Å². The zero-order chi connectivity index (χ0) is 22.8. The molecule has 1 aliphatic carbocycles. The Labute approximate surface area is 187 Å². The molecule has 2 aliphatic rings. The number of benzene rings is 2. The van der Waals surface area contributed by atoms with E-state index in [-0.39, 0.29) is 29.5 Å². The largest absolute Gasteiger partial charge is 0.352 e. The van der Waals surface area contributed by atoms with Crippen molar-refractivity contribution in [3.05, 3.63) is 83.0 Å². The third-order valence-electron chi connectivity index (χ3n) is 5.76. The minimum atomic E-state index is -1.36. The van der Waals surface area contributed by atoms with E-state index in [0.29, 0.717) is 40.1 Å². The maximum absolute atomic E-state index is 13.3. The summed E-state index contributed by atoms with van der Waals surface area (Å²) in [6, 6.07) is 8.31. The Morgan fingerprint density at radius 3 is 2.78 bits per heavy atom. The van der Waals surface area contributed by atoms with Crippen molar-refractivity contribution < 1.29 is 22.6 Å². The van der Waals surface area contributed by atoms with Gasteiger partial charge < -0.3 is 10.6 Å². The third-order valence-corrected chi connectivity index (χ3v) is 7.55. The van der Waals surface area contributed by atoms with E-state index in [1.54, 1.807) is 18.2 Å². The van der Waals surface area contributed by atoms with E-state index in [1.807, 2.05) is 19.1 Å². The average molecular weight is 457 g/mol. The quantitative estimate of drug-likeness (QED) is 0.733. The molecule has 0 aromatic heterocycles. The number of carbonyl (C=O) groups is 2. The molecule has 1 aliphatic heterocycles. The fourth-order valence-electron chi connectivity index (χ4n) is 3.94. The second kappa shape index (κ2) is 9.16. The highest BCUT2D eigenvalue weighted by Gasteiger charge is 2.34.